The number of benzene rings is 4. The molecule has 0 spiro atoms. The first-order chi connectivity index (χ1) is 15.4. The van der Waals surface area contributed by atoms with Crippen molar-refractivity contribution in [2.24, 2.45) is 0 Å². The second-order valence-corrected chi connectivity index (χ2v) is 9.54. The maximum atomic E-state index is 12.6. The lowest BCUT2D eigenvalue weighted by Crippen LogP contribution is -2.09. The van der Waals surface area contributed by atoms with Crippen molar-refractivity contribution in [3.63, 3.8) is 0 Å². The number of sulfone groups is 1. The molecule has 0 radical (unpaired) electrons. The van der Waals surface area contributed by atoms with E-state index in [1.54, 1.807) is 60.7 Å². The van der Waals surface area contributed by atoms with Gasteiger partial charge in [0.25, 0.3) is 0 Å². The zero-order chi connectivity index (χ0) is 22.6. The van der Waals surface area contributed by atoms with E-state index in [1.807, 2.05) is 49.4 Å². The second-order valence-electron chi connectivity index (χ2n) is 7.55. The van der Waals surface area contributed by atoms with Gasteiger partial charge in [-0.05, 0) is 60.0 Å². The van der Waals surface area contributed by atoms with Crippen molar-refractivity contribution in [3.05, 3.63) is 120 Å². The second kappa shape index (κ2) is 9.20. The summed E-state index contributed by atoms with van der Waals surface area (Å²) in [6.45, 7) is 1.91. The van der Waals surface area contributed by atoms with Gasteiger partial charge < -0.3 is 4.74 Å². The van der Waals surface area contributed by atoms with Gasteiger partial charge in [0.2, 0.25) is 0 Å². The van der Waals surface area contributed by atoms with Gasteiger partial charge in [0.15, 0.2) is 9.84 Å². The molecule has 0 fully saturated rings. The number of hydrogen-bond donors (Lipinski definition) is 0. The van der Waals surface area contributed by atoms with Crippen molar-refractivity contribution < 1.29 is 17.9 Å². The Labute approximate surface area is 188 Å². The minimum atomic E-state index is -3.45. The maximum absolute atomic E-state index is 12.6. The molecule has 0 N–H and O–H groups in total. The van der Waals surface area contributed by atoms with Crippen LogP contribution in [0.2, 0.25) is 0 Å². The summed E-state index contributed by atoms with van der Waals surface area (Å²) in [5.41, 5.74) is 4.08. The fourth-order valence-electron chi connectivity index (χ4n) is 3.30. The zero-order valence-corrected chi connectivity index (χ0v) is 18.4. The molecule has 4 aromatic carbocycles. The first-order valence-corrected chi connectivity index (χ1v) is 11.8. The average molecular weight is 443 g/mol. The average Bonchev–Trinajstić information content (AvgIpc) is 2.80. The number of ether oxygens (including phenoxy) is 1. The fourth-order valence-corrected chi connectivity index (χ4v) is 4.65. The van der Waals surface area contributed by atoms with E-state index in [1.165, 1.54) is 0 Å². The quantitative estimate of drug-likeness (QED) is 0.277. The van der Waals surface area contributed by atoms with Gasteiger partial charge in [0, 0.05) is 0 Å². The van der Waals surface area contributed by atoms with Crippen LogP contribution in [0.3, 0.4) is 0 Å². The standard InChI is InChI=1S/C27H22O4S/c1-20-7-17-26(18-8-20)32(29,30)19-21-9-11-24(12-10-21)27(28)31-25-15-13-23(14-16-25)22-5-3-2-4-6-22/h2-18H,19H2,1H3. The van der Waals surface area contributed by atoms with Gasteiger partial charge in [-0.25, -0.2) is 13.2 Å². The number of rotatable bonds is 6. The van der Waals surface area contributed by atoms with Gasteiger partial charge >= 0.3 is 5.97 Å². The molecule has 160 valence electrons. The largest absolute Gasteiger partial charge is 0.423 e. The molecule has 5 heteroatoms. The maximum Gasteiger partial charge on any atom is 0.343 e. The number of carbonyl (C=O) groups is 1. The van der Waals surface area contributed by atoms with Gasteiger partial charge in [-0.3, -0.25) is 0 Å². The van der Waals surface area contributed by atoms with E-state index in [2.05, 4.69) is 0 Å². The van der Waals surface area contributed by atoms with Gasteiger partial charge in [0.1, 0.15) is 5.75 Å². The smallest absolute Gasteiger partial charge is 0.343 e. The highest BCUT2D eigenvalue weighted by molar-refractivity contribution is 7.90. The predicted molar refractivity (Wildman–Crippen MR) is 125 cm³/mol. The molecule has 4 aromatic rings. The van der Waals surface area contributed by atoms with E-state index in [0.717, 1.165) is 16.7 Å². The van der Waals surface area contributed by atoms with Crippen LogP contribution in [-0.2, 0) is 15.6 Å². The van der Waals surface area contributed by atoms with Crippen molar-refractivity contribution in [1.82, 2.24) is 0 Å². The van der Waals surface area contributed by atoms with Crippen LogP contribution in [0.5, 0.6) is 5.75 Å². The Kier molecular flexibility index (Phi) is 6.19. The summed E-state index contributed by atoms with van der Waals surface area (Å²) in [7, 11) is -3.45. The molecule has 0 saturated carbocycles. The Morgan fingerprint density at radius 1 is 0.719 bits per heavy atom. The molecule has 4 rings (SSSR count). The Hall–Kier alpha value is -3.70. The third-order valence-corrected chi connectivity index (χ3v) is 6.80. The van der Waals surface area contributed by atoms with Crippen LogP contribution >= 0.6 is 0 Å². The summed E-state index contributed by atoms with van der Waals surface area (Å²) < 4.78 is 30.7. The molecular formula is C27H22O4S. The highest BCUT2D eigenvalue weighted by Gasteiger charge is 2.16. The Morgan fingerprint density at radius 2 is 1.31 bits per heavy atom. The molecule has 0 unspecified atom stereocenters. The first kappa shape index (κ1) is 21.5. The third kappa shape index (κ3) is 5.13. The highest BCUT2D eigenvalue weighted by Crippen LogP contribution is 2.23. The van der Waals surface area contributed by atoms with E-state index in [0.29, 0.717) is 16.9 Å². The summed E-state index contributed by atoms with van der Waals surface area (Å²) in [6.07, 6.45) is 0. The van der Waals surface area contributed by atoms with Crippen molar-refractivity contribution in [2.75, 3.05) is 0 Å². The van der Waals surface area contributed by atoms with Gasteiger partial charge in [-0.15, -0.1) is 0 Å². The van der Waals surface area contributed by atoms with Crippen molar-refractivity contribution in [3.8, 4) is 16.9 Å². The van der Waals surface area contributed by atoms with Crippen molar-refractivity contribution >= 4 is 15.8 Å². The van der Waals surface area contributed by atoms with Gasteiger partial charge in [0.05, 0.1) is 16.2 Å². The van der Waals surface area contributed by atoms with E-state index < -0.39 is 15.8 Å². The third-order valence-electron chi connectivity index (χ3n) is 5.10. The molecule has 0 aromatic heterocycles. The minimum Gasteiger partial charge on any atom is -0.423 e. The summed E-state index contributed by atoms with van der Waals surface area (Å²) in [4.78, 5) is 12.8. The molecule has 0 aliphatic carbocycles. The Morgan fingerprint density at radius 3 is 1.94 bits per heavy atom. The molecule has 4 nitrogen and oxygen atoms in total. The molecule has 32 heavy (non-hydrogen) atoms. The number of carbonyl (C=O) groups excluding carboxylic acids is 1. The SMILES string of the molecule is Cc1ccc(S(=O)(=O)Cc2ccc(C(=O)Oc3ccc(-c4ccccc4)cc3)cc2)cc1. The van der Waals surface area contributed by atoms with Crippen LogP contribution in [0.1, 0.15) is 21.5 Å². The first-order valence-electron chi connectivity index (χ1n) is 10.2. The molecular weight excluding hydrogens is 420 g/mol. The van der Waals surface area contributed by atoms with Crippen LogP contribution in [0.25, 0.3) is 11.1 Å². The van der Waals surface area contributed by atoms with Gasteiger partial charge in [-0.1, -0.05) is 72.3 Å². The van der Waals surface area contributed by atoms with E-state index in [-0.39, 0.29) is 10.6 Å². The monoisotopic (exact) mass is 442 g/mol. The fraction of sp³-hybridized carbons (Fsp3) is 0.0741. The van der Waals surface area contributed by atoms with Crippen LogP contribution in [0.4, 0.5) is 0 Å². The molecule has 0 heterocycles. The topological polar surface area (TPSA) is 60.4 Å². The number of hydrogen-bond acceptors (Lipinski definition) is 4. The van der Waals surface area contributed by atoms with Crippen LogP contribution < -0.4 is 4.74 Å². The lowest BCUT2D eigenvalue weighted by molar-refractivity contribution is 0.0735. The van der Waals surface area contributed by atoms with Crippen LogP contribution in [0.15, 0.2) is 108 Å². The summed E-state index contributed by atoms with van der Waals surface area (Å²) in [5.74, 6) is -0.183. The Balaban J connectivity index is 1.41. The Bertz CT molecular complexity index is 1310. The lowest BCUT2D eigenvalue weighted by atomic mass is 10.1. The molecule has 0 atom stereocenters. The number of esters is 1. The highest BCUT2D eigenvalue weighted by atomic mass is 32.2. The van der Waals surface area contributed by atoms with Crippen LogP contribution in [0, 0.1) is 6.92 Å². The van der Waals surface area contributed by atoms with E-state index in [9.17, 15) is 13.2 Å². The molecule has 0 amide bonds. The molecule has 0 aliphatic rings. The van der Waals surface area contributed by atoms with E-state index in [4.69, 9.17) is 4.74 Å². The molecule has 0 bridgehead atoms. The summed E-state index contributed by atoms with van der Waals surface area (Å²) in [5, 5.41) is 0. The molecule has 0 aliphatic heterocycles. The minimum absolute atomic E-state index is 0.133. The van der Waals surface area contributed by atoms with E-state index >= 15 is 0 Å². The van der Waals surface area contributed by atoms with Crippen LogP contribution in [-0.4, -0.2) is 14.4 Å². The normalized spacial score (nSPS) is 11.2. The zero-order valence-electron chi connectivity index (χ0n) is 17.6. The van der Waals surface area contributed by atoms with Crippen molar-refractivity contribution in [1.29, 1.82) is 0 Å². The summed E-state index contributed by atoms with van der Waals surface area (Å²) >= 11 is 0. The van der Waals surface area contributed by atoms with Gasteiger partial charge in [-0.2, -0.15) is 0 Å². The number of aryl methyl sites for hydroxylation is 1. The predicted octanol–water partition coefficient (Wildman–Crippen LogP) is 5.86. The lowest BCUT2D eigenvalue weighted by Gasteiger charge is -2.08. The van der Waals surface area contributed by atoms with Crippen molar-refractivity contribution in [2.45, 2.75) is 17.6 Å². The molecule has 0 saturated heterocycles. The summed E-state index contributed by atoms with van der Waals surface area (Å²) in [6, 6.07) is 30.5.